The molecule has 1 N–H and O–H groups in total. The topological polar surface area (TPSA) is 54.5 Å². The fraction of sp³-hybridized carbons (Fsp3) is 0.636. The Balaban J connectivity index is 1.93. The summed E-state index contributed by atoms with van der Waals surface area (Å²) >= 11 is 3.87. The number of carbonyl (C=O) groups excluding carboxylic acids is 1. The standard InChI is InChI=1S/C11H16N3O2S.Al/c1-7-3-9(16)5-14(7)6-10-4-12-11(17-10)13-8(2)15;/h4,7,9H,3,5-6H2,1-2H3,(H,12,13,15);/q-1;+1/t7-,9?;/m0./s1. The molecule has 1 aliphatic rings. The normalized spacial score (nSPS) is 24.3. The SMILES string of the molecule is CC(=O)Nc1ncc(CN2CC([O][Al])C[C@@H]2C)s1. The van der Waals surface area contributed by atoms with Gasteiger partial charge in [0.2, 0.25) is 5.91 Å². The van der Waals surface area contributed by atoms with Crippen LogP contribution in [0.1, 0.15) is 25.1 Å². The lowest BCUT2D eigenvalue weighted by Gasteiger charge is -2.19. The van der Waals surface area contributed by atoms with Crippen molar-refractivity contribution in [3.63, 3.8) is 0 Å². The summed E-state index contributed by atoms with van der Waals surface area (Å²) in [4.78, 5) is 18.7. The predicted molar refractivity (Wildman–Crippen MR) is 71.5 cm³/mol. The second-order valence-corrected chi connectivity index (χ2v) is 5.97. The van der Waals surface area contributed by atoms with Crippen LogP contribution in [0.4, 0.5) is 5.13 Å². The summed E-state index contributed by atoms with van der Waals surface area (Å²) in [6.07, 6.45) is 3.19. The first-order chi connectivity index (χ1) is 8.58. The maximum absolute atomic E-state index is 10.9. The Bertz CT molecular complexity index is 426. The molecule has 0 aromatic carbocycles. The lowest BCUT2D eigenvalue weighted by atomic mass is 10.2. The highest BCUT2D eigenvalue weighted by atomic mass is 32.1. The molecule has 7 heteroatoms. The van der Waals surface area contributed by atoms with E-state index in [2.05, 4.69) is 38.7 Å². The first-order valence-electron chi connectivity index (χ1n) is 5.90. The van der Waals surface area contributed by atoms with Gasteiger partial charge in [-0.15, -0.1) is 11.3 Å². The molecule has 1 unspecified atom stereocenters. The van der Waals surface area contributed by atoms with Crippen molar-refractivity contribution >= 4 is 39.0 Å². The molecule has 1 aromatic heterocycles. The minimum Gasteiger partial charge on any atom is -0.513 e. The van der Waals surface area contributed by atoms with Crippen molar-refractivity contribution in [3.8, 4) is 0 Å². The molecule has 1 aromatic rings. The Morgan fingerprint density at radius 1 is 1.78 bits per heavy atom. The minimum absolute atomic E-state index is 0.0816. The molecule has 1 saturated heterocycles. The van der Waals surface area contributed by atoms with Crippen molar-refractivity contribution < 1.29 is 8.58 Å². The minimum atomic E-state index is -0.0816. The van der Waals surface area contributed by atoms with Gasteiger partial charge in [-0.1, -0.05) is 0 Å². The second kappa shape index (κ2) is 6.13. The van der Waals surface area contributed by atoms with Crippen molar-refractivity contribution in [2.24, 2.45) is 0 Å². The van der Waals surface area contributed by atoms with Crippen LogP contribution in [0, 0.1) is 0 Å². The van der Waals surface area contributed by atoms with Crippen LogP contribution in [0.2, 0.25) is 0 Å². The molecular weight excluding hydrogens is 265 g/mol. The van der Waals surface area contributed by atoms with Crippen molar-refractivity contribution in [3.05, 3.63) is 11.1 Å². The first-order valence-corrected chi connectivity index (χ1v) is 7.19. The maximum atomic E-state index is 10.9. The van der Waals surface area contributed by atoms with E-state index in [1.807, 2.05) is 6.20 Å². The van der Waals surface area contributed by atoms with E-state index in [9.17, 15) is 4.79 Å². The molecule has 18 heavy (non-hydrogen) atoms. The number of anilines is 1. The number of nitrogens with one attached hydrogen (secondary N) is 1. The van der Waals surface area contributed by atoms with E-state index < -0.39 is 0 Å². The zero-order valence-electron chi connectivity index (χ0n) is 10.5. The number of likely N-dealkylation sites (tertiary alicyclic amines) is 1. The third-order valence-corrected chi connectivity index (χ3v) is 4.34. The van der Waals surface area contributed by atoms with E-state index in [4.69, 9.17) is 3.79 Å². The number of rotatable bonds is 4. The molecule has 2 heterocycles. The molecule has 0 aliphatic carbocycles. The number of thiazole rings is 1. The molecule has 0 bridgehead atoms. The molecule has 1 fully saturated rings. The van der Waals surface area contributed by atoms with Gasteiger partial charge in [0.1, 0.15) is 0 Å². The van der Waals surface area contributed by atoms with Crippen LogP contribution in [0.15, 0.2) is 6.20 Å². The molecule has 1 amide bonds. The van der Waals surface area contributed by atoms with Gasteiger partial charge in [0, 0.05) is 43.2 Å². The molecule has 5 nitrogen and oxygen atoms in total. The van der Waals surface area contributed by atoms with Crippen LogP contribution >= 0.6 is 11.3 Å². The third kappa shape index (κ3) is 3.53. The van der Waals surface area contributed by atoms with Crippen LogP contribution in [0.25, 0.3) is 0 Å². The highest BCUT2D eigenvalue weighted by Crippen LogP contribution is 2.25. The summed E-state index contributed by atoms with van der Waals surface area (Å²) in [5, 5.41) is 3.37. The Kier molecular flexibility index (Phi) is 4.76. The van der Waals surface area contributed by atoms with Crippen molar-refractivity contribution in [2.45, 2.75) is 39.0 Å². The number of amides is 1. The fourth-order valence-corrected chi connectivity index (χ4v) is 3.24. The molecule has 2 radical (unpaired) electrons. The van der Waals surface area contributed by atoms with Gasteiger partial charge in [0.25, 0.3) is 0 Å². The zero-order valence-corrected chi connectivity index (χ0v) is 12.5. The van der Waals surface area contributed by atoms with E-state index in [0.717, 1.165) is 24.4 Å². The smallest absolute Gasteiger partial charge is 0.369 e. The molecular formula is C11H16AlN3O2S. The molecule has 0 spiro atoms. The highest BCUT2D eigenvalue weighted by molar-refractivity contribution is 7.15. The fourth-order valence-electron chi connectivity index (χ4n) is 2.15. The molecule has 0 saturated carbocycles. The summed E-state index contributed by atoms with van der Waals surface area (Å²) in [5.74, 6) is -0.0816. The van der Waals surface area contributed by atoms with Gasteiger partial charge in [-0.2, -0.15) is 0 Å². The van der Waals surface area contributed by atoms with E-state index in [1.165, 1.54) is 18.3 Å². The van der Waals surface area contributed by atoms with Crippen LogP contribution < -0.4 is 5.32 Å². The molecule has 2 rings (SSSR count). The van der Waals surface area contributed by atoms with E-state index in [0.29, 0.717) is 17.3 Å². The number of carbonyl (C=O) groups is 1. The van der Waals surface area contributed by atoms with Crippen LogP contribution in [0.3, 0.4) is 0 Å². The van der Waals surface area contributed by atoms with Gasteiger partial charge in [-0.3, -0.25) is 9.69 Å². The summed E-state index contributed by atoms with van der Waals surface area (Å²) in [7, 11) is 0. The highest BCUT2D eigenvalue weighted by Gasteiger charge is 2.28. The summed E-state index contributed by atoms with van der Waals surface area (Å²) in [5.41, 5.74) is 0. The first kappa shape index (κ1) is 14.0. The largest absolute Gasteiger partial charge is 0.513 e. The average molecular weight is 281 g/mol. The van der Waals surface area contributed by atoms with Crippen molar-refractivity contribution in [2.75, 3.05) is 11.9 Å². The average Bonchev–Trinajstić information content (AvgIpc) is 2.86. The van der Waals surface area contributed by atoms with Crippen molar-refractivity contribution in [1.82, 2.24) is 9.88 Å². The number of hydrogen-bond donors (Lipinski definition) is 1. The monoisotopic (exact) mass is 281 g/mol. The van der Waals surface area contributed by atoms with Crippen molar-refractivity contribution in [1.29, 1.82) is 0 Å². The summed E-state index contributed by atoms with van der Waals surface area (Å²) < 4.78 is 5.31. The van der Waals surface area contributed by atoms with Gasteiger partial charge < -0.3 is 9.11 Å². The summed E-state index contributed by atoms with van der Waals surface area (Å²) in [6.45, 7) is 5.50. The number of aromatic nitrogens is 1. The van der Waals surface area contributed by atoms with Gasteiger partial charge in [0.15, 0.2) is 5.13 Å². The molecule has 2 atom stereocenters. The van der Waals surface area contributed by atoms with Gasteiger partial charge in [-0.05, 0) is 13.3 Å². The Morgan fingerprint density at radius 2 is 2.56 bits per heavy atom. The van der Waals surface area contributed by atoms with Crippen LogP contribution in [0.5, 0.6) is 0 Å². The van der Waals surface area contributed by atoms with Gasteiger partial charge >= 0.3 is 16.6 Å². The Morgan fingerprint density at radius 3 is 3.17 bits per heavy atom. The van der Waals surface area contributed by atoms with Gasteiger partial charge in [-0.25, -0.2) is 4.98 Å². The Labute approximate surface area is 119 Å². The lowest BCUT2D eigenvalue weighted by molar-refractivity contribution is -0.114. The molecule has 1 aliphatic heterocycles. The zero-order chi connectivity index (χ0) is 13.1. The van der Waals surface area contributed by atoms with Crippen LogP contribution in [-0.2, 0) is 15.1 Å². The van der Waals surface area contributed by atoms with Gasteiger partial charge in [0.05, 0.1) is 0 Å². The number of hydrogen-bond acceptors (Lipinski definition) is 5. The quantitative estimate of drug-likeness (QED) is 0.842. The molecule has 96 valence electrons. The number of nitrogens with zero attached hydrogens (tertiary/aromatic N) is 2. The Hall–Kier alpha value is -0.448. The summed E-state index contributed by atoms with van der Waals surface area (Å²) in [6, 6.07) is 0.516. The second-order valence-electron chi connectivity index (χ2n) is 4.59. The maximum Gasteiger partial charge on any atom is 0.369 e. The van der Waals surface area contributed by atoms with E-state index in [1.54, 1.807) is 0 Å². The predicted octanol–water partition coefficient (Wildman–Crippen LogP) is 1.16. The lowest BCUT2D eigenvalue weighted by Crippen LogP contribution is -2.26. The van der Waals surface area contributed by atoms with E-state index >= 15 is 0 Å². The third-order valence-electron chi connectivity index (χ3n) is 3.05. The van der Waals surface area contributed by atoms with Crippen LogP contribution in [-0.4, -0.2) is 51.1 Å². The van der Waals surface area contributed by atoms with E-state index in [-0.39, 0.29) is 5.91 Å².